The van der Waals surface area contributed by atoms with Crippen molar-refractivity contribution in [2.75, 3.05) is 0 Å². The molecule has 1 saturated carbocycles. The molecule has 0 bridgehead atoms. The van der Waals surface area contributed by atoms with Crippen LogP contribution in [0.4, 0.5) is 0 Å². The molecular weight excluding hydrogens is 244 g/mol. The van der Waals surface area contributed by atoms with Gasteiger partial charge in [-0.25, -0.2) is 0 Å². The zero-order valence-corrected chi connectivity index (χ0v) is 13.3. The minimum absolute atomic E-state index is 0.351. The number of ketones is 1. The van der Waals surface area contributed by atoms with Crippen molar-refractivity contribution in [1.29, 1.82) is 0 Å². The van der Waals surface area contributed by atoms with Gasteiger partial charge in [-0.1, -0.05) is 39.2 Å². The van der Waals surface area contributed by atoms with Crippen LogP contribution in [0.25, 0.3) is 0 Å². The first kappa shape index (κ1) is 14.1. The largest absolute Gasteiger partial charge is 0.295 e. The molecule has 0 aromatic heterocycles. The fraction of sp³-hybridized carbons (Fsp3) is 0.737. The van der Waals surface area contributed by atoms with Gasteiger partial charge in [-0.05, 0) is 66.6 Å². The maximum absolute atomic E-state index is 11.6. The Hall–Kier alpha value is -0.850. The molecule has 0 spiro atoms. The summed E-state index contributed by atoms with van der Waals surface area (Å²) in [6.45, 7) is 7.26. The van der Waals surface area contributed by atoms with E-state index in [-0.39, 0.29) is 0 Å². The number of allylic oxidation sites excluding steroid dienone is 4. The number of hydrogen-bond donors (Lipinski definition) is 0. The second kappa shape index (κ2) is 5.16. The van der Waals surface area contributed by atoms with E-state index in [1.54, 1.807) is 11.1 Å². The summed E-state index contributed by atoms with van der Waals surface area (Å²) in [7, 11) is 0. The number of hydrogen-bond acceptors (Lipinski definition) is 1. The second-order valence-electron chi connectivity index (χ2n) is 7.31. The number of rotatable bonds is 2. The van der Waals surface area contributed by atoms with Crippen LogP contribution in [0.3, 0.4) is 0 Å². The zero-order valence-electron chi connectivity index (χ0n) is 13.3. The summed E-state index contributed by atoms with van der Waals surface area (Å²) in [5, 5.41) is 0. The van der Waals surface area contributed by atoms with Gasteiger partial charge in [-0.2, -0.15) is 0 Å². The first-order valence-electron chi connectivity index (χ1n) is 8.54. The molecule has 1 nitrogen and oxygen atoms in total. The topological polar surface area (TPSA) is 17.1 Å². The molecule has 0 N–H and O–H groups in total. The monoisotopic (exact) mass is 272 g/mol. The normalized spacial score (nSPS) is 37.4. The van der Waals surface area contributed by atoms with Gasteiger partial charge in [0.15, 0.2) is 5.78 Å². The van der Waals surface area contributed by atoms with E-state index >= 15 is 0 Å². The Bertz CT molecular complexity index is 482. The van der Waals surface area contributed by atoms with Crippen LogP contribution in [0.5, 0.6) is 0 Å². The maximum Gasteiger partial charge on any atom is 0.156 e. The lowest BCUT2D eigenvalue weighted by molar-refractivity contribution is -0.114. The summed E-state index contributed by atoms with van der Waals surface area (Å²) in [6, 6.07) is 0. The number of carbonyl (C=O) groups excluding carboxylic acids is 1. The first-order valence-corrected chi connectivity index (χ1v) is 8.54. The fourth-order valence-corrected chi connectivity index (χ4v) is 5.15. The van der Waals surface area contributed by atoms with E-state index in [4.69, 9.17) is 0 Å². The van der Waals surface area contributed by atoms with Gasteiger partial charge in [0.25, 0.3) is 0 Å². The highest BCUT2D eigenvalue weighted by molar-refractivity contribution is 5.93. The third-order valence-electron chi connectivity index (χ3n) is 6.50. The minimum Gasteiger partial charge on any atom is -0.295 e. The molecule has 3 rings (SSSR count). The quantitative estimate of drug-likeness (QED) is 0.673. The van der Waals surface area contributed by atoms with Gasteiger partial charge in [0, 0.05) is 6.42 Å². The molecule has 0 radical (unpaired) electrons. The molecule has 3 aliphatic rings. The van der Waals surface area contributed by atoms with Crippen molar-refractivity contribution >= 4 is 5.78 Å². The van der Waals surface area contributed by atoms with Gasteiger partial charge >= 0.3 is 0 Å². The lowest BCUT2D eigenvalue weighted by atomic mass is 9.55. The molecule has 3 aliphatic carbocycles. The van der Waals surface area contributed by atoms with Crippen molar-refractivity contribution in [3.8, 4) is 0 Å². The Balaban J connectivity index is 1.99. The molecule has 0 aromatic rings. The van der Waals surface area contributed by atoms with E-state index in [0.29, 0.717) is 11.2 Å². The molecule has 0 aromatic carbocycles. The maximum atomic E-state index is 11.6. The molecule has 0 heterocycles. The van der Waals surface area contributed by atoms with Crippen molar-refractivity contribution in [1.82, 2.24) is 0 Å². The summed E-state index contributed by atoms with van der Waals surface area (Å²) in [6.07, 6.45) is 11.4. The Kier molecular flexibility index (Phi) is 3.64. The third kappa shape index (κ3) is 2.10. The average molecular weight is 272 g/mol. The van der Waals surface area contributed by atoms with Crippen LogP contribution in [0.1, 0.15) is 72.1 Å². The summed E-state index contributed by atoms with van der Waals surface area (Å²) >= 11 is 0. The van der Waals surface area contributed by atoms with E-state index in [9.17, 15) is 4.79 Å². The van der Waals surface area contributed by atoms with E-state index < -0.39 is 0 Å². The molecule has 0 unspecified atom stereocenters. The van der Waals surface area contributed by atoms with Crippen molar-refractivity contribution in [2.24, 2.45) is 17.3 Å². The van der Waals surface area contributed by atoms with Crippen LogP contribution in [0.2, 0.25) is 0 Å². The Morgan fingerprint density at radius 2 is 2.00 bits per heavy atom. The Morgan fingerprint density at radius 3 is 2.70 bits per heavy atom. The lowest BCUT2D eigenvalue weighted by Gasteiger charge is -2.50. The van der Waals surface area contributed by atoms with Crippen LogP contribution in [0.15, 0.2) is 22.8 Å². The number of carbonyl (C=O) groups is 1. The predicted molar refractivity (Wildman–Crippen MR) is 83.5 cm³/mol. The van der Waals surface area contributed by atoms with Gasteiger partial charge in [0.1, 0.15) is 0 Å². The molecule has 1 heteroatoms. The summed E-state index contributed by atoms with van der Waals surface area (Å²) in [5.41, 5.74) is 5.27. The van der Waals surface area contributed by atoms with Crippen LogP contribution in [0, 0.1) is 17.3 Å². The Morgan fingerprint density at radius 1 is 1.20 bits per heavy atom. The van der Waals surface area contributed by atoms with Gasteiger partial charge in [0.2, 0.25) is 0 Å². The minimum atomic E-state index is 0.351. The average Bonchev–Trinajstić information content (AvgIpc) is 2.46. The highest BCUT2D eigenvalue weighted by Gasteiger charge is 2.44. The summed E-state index contributed by atoms with van der Waals surface area (Å²) in [4.78, 5) is 11.6. The highest BCUT2D eigenvalue weighted by Crippen LogP contribution is 2.55. The summed E-state index contributed by atoms with van der Waals surface area (Å²) in [5.74, 6) is 2.01. The van der Waals surface area contributed by atoms with Crippen LogP contribution < -0.4 is 0 Å². The zero-order chi connectivity index (χ0) is 14.3. The third-order valence-corrected chi connectivity index (χ3v) is 6.50. The number of fused-ring (bicyclic) bond motifs is 2. The first-order chi connectivity index (χ1) is 9.59. The van der Waals surface area contributed by atoms with Gasteiger partial charge in [-0.15, -0.1) is 0 Å². The van der Waals surface area contributed by atoms with E-state index in [1.165, 1.54) is 37.7 Å². The molecule has 110 valence electrons. The molecule has 0 saturated heterocycles. The van der Waals surface area contributed by atoms with Crippen LogP contribution in [-0.2, 0) is 4.79 Å². The van der Waals surface area contributed by atoms with Crippen molar-refractivity contribution in [3.05, 3.63) is 22.8 Å². The fourth-order valence-electron chi connectivity index (χ4n) is 5.15. The highest BCUT2D eigenvalue weighted by atomic mass is 16.1. The molecular formula is C19H28O. The summed E-state index contributed by atoms with van der Waals surface area (Å²) < 4.78 is 0. The molecule has 20 heavy (non-hydrogen) atoms. The predicted octanol–water partition coefficient (Wildman–Crippen LogP) is 5.22. The van der Waals surface area contributed by atoms with Crippen molar-refractivity contribution in [2.45, 2.75) is 72.1 Å². The second-order valence-corrected chi connectivity index (χ2v) is 7.31. The smallest absolute Gasteiger partial charge is 0.156 e. The standard InChI is InChI=1S/C19H28O/c1-4-18-17-8-6-13-12-14(20)7-9-15(13)16(17)10-11-19(18,3)5-2/h12,17-18H,4-11H2,1-3H3/t17-,18+,19+/m1/s1. The molecule has 0 aliphatic heterocycles. The molecule has 1 fully saturated rings. The Labute approximate surface area is 123 Å². The van der Waals surface area contributed by atoms with E-state index in [2.05, 4.69) is 20.8 Å². The van der Waals surface area contributed by atoms with Crippen molar-refractivity contribution in [3.63, 3.8) is 0 Å². The van der Waals surface area contributed by atoms with Crippen LogP contribution >= 0.6 is 0 Å². The SMILES string of the molecule is CC[C@H]1[C@@H]2CCC3=CC(=O)CCC3=C2CC[C@]1(C)CC. The van der Waals surface area contributed by atoms with Gasteiger partial charge in [-0.3, -0.25) is 4.79 Å². The molecule has 0 amide bonds. The van der Waals surface area contributed by atoms with Gasteiger partial charge < -0.3 is 0 Å². The van der Waals surface area contributed by atoms with E-state index in [0.717, 1.165) is 31.1 Å². The van der Waals surface area contributed by atoms with E-state index in [1.807, 2.05) is 6.08 Å². The van der Waals surface area contributed by atoms with Crippen LogP contribution in [-0.4, -0.2) is 5.78 Å². The van der Waals surface area contributed by atoms with Gasteiger partial charge in [0.05, 0.1) is 0 Å². The molecule has 3 atom stereocenters. The lowest BCUT2D eigenvalue weighted by Crippen LogP contribution is -2.39. The van der Waals surface area contributed by atoms with Crippen molar-refractivity contribution < 1.29 is 4.79 Å².